The van der Waals surface area contributed by atoms with Crippen molar-refractivity contribution in [2.24, 2.45) is 0 Å². The van der Waals surface area contributed by atoms with Crippen LogP contribution in [-0.2, 0) is 0 Å². The van der Waals surface area contributed by atoms with E-state index in [1.54, 1.807) is 18.2 Å². The standard InChI is InChI=1S/C15H17ClN2O3S/c1-21-13-5-4-10(16)9-11(13)18-15(20)17-7-6-12(19)14-3-2-8-22-14/h2-5,8-9,12,19H,6-7H2,1H3,(H2,17,18,20). The van der Waals surface area contributed by atoms with Gasteiger partial charge in [-0.05, 0) is 36.1 Å². The number of thiophene rings is 1. The highest BCUT2D eigenvalue weighted by atomic mass is 35.5. The fourth-order valence-corrected chi connectivity index (χ4v) is 2.81. The highest BCUT2D eigenvalue weighted by Gasteiger charge is 2.11. The molecule has 0 radical (unpaired) electrons. The summed E-state index contributed by atoms with van der Waals surface area (Å²) in [5.41, 5.74) is 0.492. The molecule has 22 heavy (non-hydrogen) atoms. The summed E-state index contributed by atoms with van der Waals surface area (Å²) in [6.45, 7) is 0.355. The lowest BCUT2D eigenvalue weighted by Crippen LogP contribution is -2.30. The van der Waals surface area contributed by atoms with Crippen LogP contribution in [0.25, 0.3) is 0 Å². The van der Waals surface area contributed by atoms with E-state index in [9.17, 15) is 9.90 Å². The zero-order chi connectivity index (χ0) is 15.9. The fourth-order valence-electron chi connectivity index (χ4n) is 1.89. The quantitative estimate of drug-likeness (QED) is 0.751. The second-order valence-corrected chi connectivity index (χ2v) is 5.96. The molecule has 3 N–H and O–H groups in total. The number of urea groups is 1. The Labute approximate surface area is 137 Å². The third-order valence-corrected chi connectivity index (χ3v) is 4.19. The predicted molar refractivity (Wildman–Crippen MR) is 88.9 cm³/mol. The molecule has 0 saturated heterocycles. The summed E-state index contributed by atoms with van der Waals surface area (Å²) >= 11 is 7.39. The number of benzene rings is 1. The summed E-state index contributed by atoms with van der Waals surface area (Å²) in [5, 5.41) is 17.7. The summed E-state index contributed by atoms with van der Waals surface area (Å²) in [7, 11) is 1.52. The minimum Gasteiger partial charge on any atom is -0.495 e. The number of hydrogen-bond donors (Lipinski definition) is 3. The van der Waals surface area contributed by atoms with Gasteiger partial charge in [0, 0.05) is 16.4 Å². The van der Waals surface area contributed by atoms with E-state index in [-0.39, 0.29) is 6.03 Å². The van der Waals surface area contributed by atoms with Gasteiger partial charge in [-0.3, -0.25) is 0 Å². The molecule has 0 aliphatic rings. The first kappa shape index (κ1) is 16.6. The second kappa shape index (κ2) is 8.03. The summed E-state index contributed by atoms with van der Waals surface area (Å²) < 4.78 is 5.15. The van der Waals surface area contributed by atoms with Gasteiger partial charge < -0.3 is 20.5 Å². The van der Waals surface area contributed by atoms with Gasteiger partial charge in [0.25, 0.3) is 0 Å². The number of anilines is 1. The minimum absolute atomic E-state index is 0.355. The van der Waals surface area contributed by atoms with Gasteiger partial charge in [0.1, 0.15) is 5.75 Å². The molecule has 1 aromatic carbocycles. The normalized spacial score (nSPS) is 11.8. The summed E-state index contributed by atoms with van der Waals surface area (Å²) in [5.74, 6) is 0.526. The largest absolute Gasteiger partial charge is 0.495 e. The molecule has 5 nitrogen and oxygen atoms in total. The predicted octanol–water partition coefficient (Wildman–Crippen LogP) is 3.66. The van der Waals surface area contributed by atoms with Crippen molar-refractivity contribution in [3.63, 3.8) is 0 Å². The highest BCUT2D eigenvalue weighted by Crippen LogP contribution is 2.27. The van der Waals surface area contributed by atoms with E-state index in [0.29, 0.717) is 29.4 Å². The molecule has 2 aromatic rings. The van der Waals surface area contributed by atoms with Crippen LogP contribution < -0.4 is 15.4 Å². The van der Waals surface area contributed by atoms with Crippen molar-refractivity contribution < 1.29 is 14.6 Å². The van der Waals surface area contributed by atoms with Crippen molar-refractivity contribution in [3.05, 3.63) is 45.6 Å². The zero-order valence-electron chi connectivity index (χ0n) is 12.0. The lowest BCUT2D eigenvalue weighted by atomic mass is 10.2. The van der Waals surface area contributed by atoms with E-state index < -0.39 is 6.10 Å². The van der Waals surface area contributed by atoms with E-state index in [1.807, 2.05) is 17.5 Å². The van der Waals surface area contributed by atoms with E-state index in [4.69, 9.17) is 16.3 Å². The molecule has 0 saturated carbocycles. The molecule has 1 aromatic heterocycles. The smallest absolute Gasteiger partial charge is 0.319 e. The van der Waals surface area contributed by atoms with Crippen LogP contribution in [0.3, 0.4) is 0 Å². The van der Waals surface area contributed by atoms with Crippen LogP contribution in [0.4, 0.5) is 10.5 Å². The topological polar surface area (TPSA) is 70.6 Å². The molecule has 0 spiro atoms. The number of carbonyl (C=O) groups excluding carboxylic acids is 1. The van der Waals surface area contributed by atoms with Crippen LogP contribution in [-0.4, -0.2) is 24.8 Å². The lowest BCUT2D eigenvalue weighted by Gasteiger charge is -2.12. The van der Waals surface area contributed by atoms with E-state index in [0.717, 1.165) is 4.88 Å². The van der Waals surface area contributed by atoms with Gasteiger partial charge in [-0.1, -0.05) is 17.7 Å². The lowest BCUT2D eigenvalue weighted by molar-refractivity contribution is 0.171. The van der Waals surface area contributed by atoms with Crippen LogP contribution >= 0.6 is 22.9 Å². The summed E-state index contributed by atoms with van der Waals surface area (Å²) in [4.78, 5) is 12.7. The van der Waals surface area contributed by atoms with Crippen molar-refractivity contribution in [3.8, 4) is 5.75 Å². The second-order valence-electron chi connectivity index (χ2n) is 4.55. The first-order valence-corrected chi connectivity index (χ1v) is 7.95. The number of hydrogen-bond acceptors (Lipinski definition) is 4. The van der Waals surface area contributed by atoms with Crippen molar-refractivity contribution in [1.82, 2.24) is 5.32 Å². The Morgan fingerprint density at radius 1 is 1.45 bits per heavy atom. The van der Waals surface area contributed by atoms with Crippen molar-refractivity contribution >= 4 is 34.7 Å². The van der Waals surface area contributed by atoms with Gasteiger partial charge in [-0.2, -0.15) is 0 Å². The van der Waals surface area contributed by atoms with E-state index >= 15 is 0 Å². The Bertz CT molecular complexity index is 619. The number of nitrogens with one attached hydrogen (secondary N) is 2. The van der Waals surface area contributed by atoms with E-state index in [2.05, 4.69) is 10.6 Å². The molecule has 2 rings (SSSR count). The number of ether oxygens (including phenoxy) is 1. The Morgan fingerprint density at radius 3 is 2.95 bits per heavy atom. The summed E-state index contributed by atoms with van der Waals surface area (Å²) in [6.07, 6.45) is -0.123. The average molecular weight is 341 g/mol. The minimum atomic E-state index is -0.569. The molecular weight excluding hydrogens is 324 g/mol. The van der Waals surface area contributed by atoms with Gasteiger partial charge in [0.2, 0.25) is 0 Å². The summed E-state index contributed by atoms with van der Waals surface area (Å²) in [6, 6.07) is 8.35. The van der Waals surface area contributed by atoms with Gasteiger partial charge in [0.15, 0.2) is 0 Å². The maximum absolute atomic E-state index is 11.9. The number of aliphatic hydroxyl groups is 1. The van der Waals surface area contributed by atoms with Crippen molar-refractivity contribution in [1.29, 1.82) is 0 Å². The van der Waals surface area contributed by atoms with Crippen LogP contribution in [0.1, 0.15) is 17.4 Å². The van der Waals surface area contributed by atoms with Gasteiger partial charge in [0.05, 0.1) is 18.9 Å². The highest BCUT2D eigenvalue weighted by molar-refractivity contribution is 7.10. The molecule has 2 amide bonds. The molecule has 1 unspecified atom stereocenters. The Hall–Kier alpha value is -1.76. The number of amides is 2. The van der Waals surface area contributed by atoms with Crippen LogP contribution in [0.5, 0.6) is 5.75 Å². The molecule has 0 fully saturated rings. The number of carbonyl (C=O) groups is 1. The van der Waals surface area contributed by atoms with Crippen LogP contribution in [0.15, 0.2) is 35.7 Å². The Balaban J connectivity index is 1.82. The monoisotopic (exact) mass is 340 g/mol. The number of rotatable bonds is 6. The molecule has 1 heterocycles. The third kappa shape index (κ3) is 4.62. The zero-order valence-corrected chi connectivity index (χ0v) is 13.6. The first-order valence-electron chi connectivity index (χ1n) is 6.70. The Kier molecular flexibility index (Phi) is 6.06. The van der Waals surface area contributed by atoms with Gasteiger partial charge >= 0.3 is 6.03 Å². The Morgan fingerprint density at radius 2 is 2.27 bits per heavy atom. The molecule has 0 aliphatic carbocycles. The van der Waals surface area contributed by atoms with Crippen LogP contribution in [0, 0.1) is 0 Å². The van der Waals surface area contributed by atoms with Gasteiger partial charge in [-0.15, -0.1) is 11.3 Å². The third-order valence-electron chi connectivity index (χ3n) is 2.98. The number of halogens is 1. The SMILES string of the molecule is COc1ccc(Cl)cc1NC(=O)NCCC(O)c1cccs1. The maximum atomic E-state index is 11.9. The van der Waals surface area contributed by atoms with Crippen LogP contribution in [0.2, 0.25) is 5.02 Å². The molecule has 118 valence electrons. The molecule has 1 atom stereocenters. The van der Waals surface area contributed by atoms with Gasteiger partial charge in [-0.25, -0.2) is 4.79 Å². The van der Waals surface area contributed by atoms with Crippen molar-refractivity contribution in [2.75, 3.05) is 19.0 Å². The van der Waals surface area contributed by atoms with E-state index in [1.165, 1.54) is 18.4 Å². The number of methoxy groups -OCH3 is 1. The maximum Gasteiger partial charge on any atom is 0.319 e. The molecule has 0 bridgehead atoms. The molecule has 0 aliphatic heterocycles. The first-order chi connectivity index (χ1) is 10.6. The average Bonchev–Trinajstić information content (AvgIpc) is 3.01. The van der Waals surface area contributed by atoms with Crippen molar-refractivity contribution in [2.45, 2.75) is 12.5 Å². The molecular formula is C15H17ClN2O3S. The molecule has 7 heteroatoms. The fraction of sp³-hybridized carbons (Fsp3) is 0.267. The number of aliphatic hydroxyl groups excluding tert-OH is 1.